The van der Waals surface area contributed by atoms with Crippen LogP contribution in [0, 0.1) is 0 Å². The summed E-state index contributed by atoms with van der Waals surface area (Å²) < 4.78 is 16.2. The predicted octanol–water partition coefficient (Wildman–Crippen LogP) is 2.96. The van der Waals surface area contributed by atoms with Crippen molar-refractivity contribution in [3.05, 3.63) is 12.2 Å². The molecule has 0 aromatic rings. The zero-order valence-electron chi connectivity index (χ0n) is 10.8. The molecule has 1 atom stereocenters. The number of ether oxygens (including phenoxy) is 1. The number of rotatable bonds is 9. The fourth-order valence-corrected chi connectivity index (χ4v) is 2.29. The molecule has 0 radical (unpaired) electrons. The van der Waals surface area contributed by atoms with Crippen molar-refractivity contribution in [2.75, 3.05) is 18.9 Å². The molecule has 0 aromatic carbocycles. The molecule has 0 saturated carbocycles. The minimum Gasteiger partial charge on any atom is -0.462 e. The Bertz CT molecular complexity index is 299. The largest absolute Gasteiger partial charge is 0.462 e. The summed E-state index contributed by atoms with van der Waals surface area (Å²) in [6.07, 6.45) is 4.11. The zero-order chi connectivity index (χ0) is 13.3. The predicted molar refractivity (Wildman–Crippen MR) is 69.5 cm³/mol. The molecule has 0 aliphatic heterocycles. The molecule has 0 bridgehead atoms. The lowest BCUT2D eigenvalue weighted by Crippen LogP contribution is -2.06. The smallest absolute Gasteiger partial charge is 0.333 e. The molecule has 0 rings (SSSR count). The minimum absolute atomic E-state index is 0.350. The highest BCUT2D eigenvalue weighted by atomic mass is 31.2. The van der Waals surface area contributed by atoms with E-state index in [4.69, 9.17) is 4.74 Å². The van der Waals surface area contributed by atoms with Crippen molar-refractivity contribution >= 4 is 13.3 Å². The van der Waals surface area contributed by atoms with Crippen molar-refractivity contribution in [2.24, 2.45) is 0 Å². The molecule has 0 saturated heterocycles. The number of hydrogen-bond acceptors (Lipinski definition) is 3. The summed E-state index contributed by atoms with van der Waals surface area (Å²) in [6, 6.07) is 0. The van der Waals surface area contributed by atoms with Gasteiger partial charge in [0.15, 0.2) is 7.37 Å². The minimum atomic E-state index is -2.85. The second kappa shape index (κ2) is 8.48. The molecule has 0 heterocycles. The van der Waals surface area contributed by atoms with E-state index < -0.39 is 7.37 Å². The Morgan fingerprint density at radius 2 is 1.88 bits per heavy atom. The van der Waals surface area contributed by atoms with E-state index in [0.29, 0.717) is 24.5 Å². The van der Waals surface area contributed by atoms with Gasteiger partial charge in [0.1, 0.15) is 0 Å². The summed E-state index contributed by atoms with van der Waals surface area (Å²) >= 11 is 0. The molecule has 17 heavy (non-hydrogen) atoms. The van der Waals surface area contributed by atoms with Crippen LogP contribution in [0.4, 0.5) is 0 Å². The summed E-state index contributed by atoms with van der Waals surface area (Å²) in [5.74, 6) is -0.351. The molecule has 0 spiro atoms. The van der Waals surface area contributed by atoms with Crippen molar-refractivity contribution in [3.63, 3.8) is 0 Å². The summed E-state index contributed by atoms with van der Waals surface area (Å²) in [6.45, 7) is 7.24. The number of unbranched alkanes of at least 4 members (excludes halogenated alkanes) is 3. The van der Waals surface area contributed by atoms with Crippen molar-refractivity contribution < 1.29 is 19.0 Å². The van der Waals surface area contributed by atoms with Gasteiger partial charge >= 0.3 is 5.97 Å². The van der Waals surface area contributed by atoms with Gasteiger partial charge in [-0.05, 0) is 19.8 Å². The second-order valence-electron chi connectivity index (χ2n) is 4.22. The van der Waals surface area contributed by atoms with Crippen LogP contribution in [0.2, 0.25) is 0 Å². The monoisotopic (exact) mass is 262 g/mol. The molecule has 0 aromatic heterocycles. The lowest BCUT2D eigenvalue weighted by molar-refractivity contribution is -0.139. The van der Waals surface area contributed by atoms with Gasteiger partial charge in [0.2, 0.25) is 0 Å². The molecule has 0 amide bonds. The van der Waals surface area contributed by atoms with Gasteiger partial charge in [-0.15, -0.1) is 0 Å². The summed E-state index contributed by atoms with van der Waals surface area (Å²) in [7, 11) is -2.85. The van der Waals surface area contributed by atoms with E-state index in [2.05, 4.69) is 6.58 Å². The molecule has 0 aliphatic rings. The van der Waals surface area contributed by atoms with Crippen LogP contribution < -0.4 is 0 Å². The summed E-state index contributed by atoms with van der Waals surface area (Å²) in [5, 5.41) is 0. The third-order valence-corrected chi connectivity index (χ3v) is 4.48. The van der Waals surface area contributed by atoms with Crippen molar-refractivity contribution in [2.45, 2.75) is 39.5 Å². The molecule has 5 heteroatoms. The first-order valence-corrected chi connectivity index (χ1v) is 8.05. The van der Waals surface area contributed by atoms with E-state index in [1.165, 1.54) is 0 Å². The Hall–Kier alpha value is -0.600. The van der Waals surface area contributed by atoms with Gasteiger partial charge in [-0.2, -0.15) is 0 Å². The molecule has 1 unspecified atom stereocenters. The average Bonchev–Trinajstić information content (AvgIpc) is 2.27. The fourth-order valence-electron chi connectivity index (χ4n) is 1.26. The Morgan fingerprint density at radius 3 is 2.41 bits per heavy atom. The summed E-state index contributed by atoms with van der Waals surface area (Å²) in [5.41, 5.74) is 0.411. The Balaban J connectivity index is 3.39. The second-order valence-corrected chi connectivity index (χ2v) is 6.99. The Morgan fingerprint density at radius 1 is 1.29 bits per heavy atom. The maximum Gasteiger partial charge on any atom is 0.333 e. The third kappa shape index (κ3) is 9.13. The van der Waals surface area contributed by atoms with Crippen LogP contribution in [0.3, 0.4) is 0 Å². The molecule has 0 aliphatic carbocycles. The molecule has 4 nitrogen and oxygen atoms in total. The van der Waals surface area contributed by atoms with Crippen LogP contribution in [-0.2, 0) is 14.1 Å². The topological polar surface area (TPSA) is 63.6 Å². The summed E-state index contributed by atoms with van der Waals surface area (Å²) in [4.78, 5) is 20.3. The van der Waals surface area contributed by atoms with Crippen LogP contribution in [0.5, 0.6) is 0 Å². The van der Waals surface area contributed by atoms with Gasteiger partial charge in [0.05, 0.1) is 6.61 Å². The van der Waals surface area contributed by atoms with E-state index >= 15 is 0 Å². The first kappa shape index (κ1) is 16.4. The maximum absolute atomic E-state index is 11.3. The molecule has 1 N–H and O–H groups in total. The lowest BCUT2D eigenvalue weighted by atomic mass is 10.2. The van der Waals surface area contributed by atoms with Crippen molar-refractivity contribution in [3.8, 4) is 0 Å². The first-order valence-electron chi connectivity index (χ1n) is 6.02. The highest BCUT2D eigenvalue weighted by Crippen LogP contribution is 2.40. The van der Waals surface area contributed by atoms with E-state index in [1.54, 1.807) is 13.8 Å². The van der Waals surface area contributed by atoms with Crippen molar-refractivity contribution in [1.82, 2.24) is 0 Å². The highest BCUT2D eigenvalue weighted by Gasteiger charge is 2.13. The lowest BCUT2D eigenvalue weighted by Gasteiger charge is -2.08. The van der Waals surface area contributed by atoms with Gasteiger partial charge in [-0.1, -0.05) is 26.3 Å². The van der Waals surface area contributed by atoms with Crippen LogP contribution in [0.25, 0.3) is 0 Å². The van der Waals surface area contributed by atoms with Gasteiger partial charge in [-0.25, -0.2) is 4.79 Å². The zero-order valence-corrected chi connectivity index (χ0v) is 11.7. The van der Waals surface area contributed by atoms with Gasteiger partial charge in [-0.3, -0.25) is 4.57 Å². The number of hydrogen-bond donors (Lipinski definition) is 1. The quantitative estimate of drug-likeness (QED) is 0.300. The van der Waals surface area contributed by atoms with Gasteiger partial charge < -0.3 is 9.63 Å². The van der Waals surface area contributed by atoms with E-state index in [1.807, 2.05) is 0 Å². The average molecular weight is 262 g/mol. The number of carbonyl (C=O) groups excluding carboxylic acids is 1. The number of esters is 1. The van der Waals surface area contributed by atoms with Crippen LogP contribution in [0.15, 0.2) is 12.2 Å². The van der Waals surface area contributed by atoms with Gasteiger partial charge in [0, 0.05) is 17.9 Å². The highest BCUT2D eigenvalue weighted by molar-refractivity contribution is 7.57. The van der Waals surface area contributed by atoms with Gasteiger partial charge in [0.25, 0.3) is 0 Å². The standard InChI is InChI=1S/C12H23O4P/c1-4-17(14,15)10-8-6-5-7-9-16-12(13)11(2)3/h2,4-10H2,1,3H3,(H,14,15). The maximum atomic E-state index is 11.3. The van der Waals surface area contributed by atoms with E-state index in [0.717, 1.165) is 25.7 Å². The van der Waals surface area contributed by atoms with Crippen molar-refractivity contribution in [1.29, 1.82) is 0 Å². The SMILES string of the molecule is C=C(C)C(=O)OCCCCCCP(=O)(O)CC. The fraction of sp³-hybridized carbons (Fsp3) is 0.750. The van der Waals surface area contributed by atoms with E-state index in [9.17, 15) is 14.3 Å². The Labute approximate surface area is 104 Å². The third-order valence-electron chi connectivity index (χ3n) is 2.48. The van der Waals surface area contributed by atoms with Crippen LogP contribution >= 0.6 is 7.37 Å². The number of carbonyl (C=O) groups is 1. The Kier molecular flexibility index (Phi) is 8.19. The van der Waals surface area contributed by atoms with E-state index in [-0.39, 0.29) is 5.97 Å². The molecule has 100 valence electrons. The first-order chi connectivity index (χ1) is 7.89. The molecule has 0 fully saturated rings. The normalized spacial score (nSPS) is 14.1. The van der Waals surface area contributed by atoms with Crippen LogP contribution in [0.1, 0.15) is 39.5 Å². The van der Waals surface area contributed by atoms with Crippen LogP contribution in [-0.4, -0.2) is 29.8 Å². The molecular weight excluding hydrogens is 239 g/mol. The molecular formula is C12H23O4P.